The fourth-order valence-corrected chi connectivity index (χ4v) is 2.09. The van der Waals surface area contributed by atoms with Gasteiger partial charge in [0.2, 0.25) is 5.82 Å². The number of ketones is 1. The molecule has 3 aromatic rings. The molecule has 0 aliphatic heterocycles. The van der Waals surface area contributed by atoms with Crippen LogP contribution in [-0.4, -0.2) is 26.0 Å². The Balaban J connectivity index is 1.74. The molecule has 0 fully saturated rings. The Kier molecular flexibility index (Phi) is 4.30. The second kappa shape index (κ2) is 6.42. The Bertz CT molecular complexity index is 886. The van der Waals surface area contributed by atoms with E-state index in [-0.39, 0.29) is 23.7 Å². The summed E-state index contributed by atoms with van der Waals surface area (Å²) >= 11 is 0. The largest absolute Gasteiger partial charge is 0.416 e. The third-order valence-electron chi connectivity index (χ3n) is 3.37. The highest BCUT2D eigenvalue weighted by atomic mass is 19.4. The minimum absolute atomic E-state index is 0.0978. The second-order valence-corrected chi connectivity index (χ2v) is 5.15. The van der Waals surface area contributed by atoms with E-state index in [9.17, 15) is 22.4 Å². The van der Waals surface area contributed by atoms with E-state index in [4.69, 9.17) is 0 Å². The van der Waals surface area contributed by atoms with Gasteiger partial charge in [-0.2, -0.15) is 18.0 Å². The average molecular weight is 350 g/mol. The first-order valence-electron chi connectivity index (χ1n) is 7.07. The summed E-state index contributed by atoms with van der Waals surface area (Å²) in [7, 11) is 0. The lowest BCUT2D eigenvalue weighted by Gasteiger charge is -2.05. The molecule has 0 amide bonds. The number of Topliss-reactive ketones (excluding diaryl/α,β-unsaturated/α-hetero) is 1. The van der Waals surface area contributed by atoms with Gasteiger partial charge in [0.15, 0.2) is 5.78 Å². The number of carbonyl (C=O) groups excluding carboxylic acids is 1. The molecule has 0 radical (unpaired) electrons. The number of halogens is 4. The van der Waals surface area contributed by atoms with Gasteiger partial charge < -0.3 is 0 Å². The van der Waals surface area contributed by atoms with Crippen molar-refractivity contribution in [3.8, 4) is 11.4 Å². The Morgan fingerprint density at radius 2 is 1.64 bits per heavy atom. The van der Waals surface area contributed by atoms with Crippen LogP contribution in [0.4, 0.5) is 17.6 Å². The van der Waals surface area contributed by atoms with Gasteiger partial charge in [-0.1, -0.05) is 12.1 Å². The lowest BCUT2D eigenvalue weighted by molar-refractivity contribution is -0.137. The lowest BCUT2D eigenvalue weighted by atomic mass is 10.1. The van der Waals surface area contributed by atoms with E-state index in [2.05, 4.69) is 15.4 Å². The van der Waals surface area contributed by atoms with Crippen molar-refractivity contribution in [3.63, 3.8) is 0 Å². The molecule has 5 nitrogen and oxygen atoms in total. The molecule has 2 aromatic carbocycles. The van der Waals surface area contributed by atoms with E-state index in [1.165, 1.54) is 24.3 Å². The van der Waals surface area contributed by atoms with E-state index in [1.54, 1.807) is 0 Å². The predicted molar refractivity (Wildman–Crippen MR) is 79.0 cm³/mol. The SMILES string of the molecule is O=C(Cn1nnc(-c2ccc(C(F)(F)F)cc2)n1)c1ccc(F)cc1. The number of hydrogen-bond acceptors (Lipinski definition) is 4. The van der Waals surface area contributed by atoms with E-state index in [1.807, 2.05) is 0 Å². The quantitative estimate of drug-likeness (QED) is 0.535. The van der Waals surface area contributed by atoms with Crippen molar-refractivity contribution in [2.24, 2.45) is 0 Å². The fraction of sp³-hybridized carbons (Fsp3) is 0.125. The second-order valence-electron chi connectivity index (χ2n) is 5.15. The molecule has 0 bridgehead atoms. The van der Waals surface area contributed by atoms with Crippen LogP contribution in [0.25, 0.3) is 11.4 Å². The van der Waals surface area contributed by atoms with Crippen molar-refractivity contribution in [1.82, 2.24) is 20.2 Å². The molecular weight excluding hydrogens is 340 g/mol. The Hall–Kier alpha value is -3.10. The number of rotatable bonds is 4. The molecule has 128 valence electrons. The minimum Gasteiger partial charge on any atom is -0.292 e. The number of benzene rings is 2. The summed E-state index contributed by atoms with van der Waals surface area (Å²) in [6.45, 7) is -0.223. The maximum Gasteiger partial charge on any atom is 0.416 e. The molecular formula is C16H10F4N4O. The van der Waals surface area contributed by atoms with Gasteiger partial charge in [-0.25, -0.2) is 4.39 Å². The zero-order chi connectivity index (χ0) is 18.0. The molecule has 1 aromatic heterocycles. The molecule has 0 saturated carbocycles. The molecule has 25 heavy (non-hydrogen) atoms. The highest BCUT2D eigenvalue weighted by molar-refractivity contribution is 5.95. The molecule has 0 aliphatic rings. The highest BCUT2D eigenvalue weighted by Gasteiger charge is 2.30. The summed E-state index contributed by atoms with van der Waals surface area (Å²) in [5, 5.41) is 11.4. The predicted octanol–water partition coefficient (Wildman–Crippen LogP) is 3.38. The van der Waals surface area contributed by atoms with Crippen molar-refractivity contribution in [1.29, 1.82) is 0 Å². The van der Waals surface area contributed by atoms with Crippen LogP contribution < -0.4 is 0 Å². The third-order valence-corrected chi connectivity index (χ3v) is 3.37. The third kappa shape index (κ3) is 3.87. The summed E-state index contributed by atoms with van der Waals surface area (Å²) < 4.78 is 50.5. The summed E-state index contributed by atoms with van der Waals surface area (Å²) in [4.78, 5) is 13.1. The van der Waals surface area contributed by atoms with Gasteiger partial charge in [0.05, 0.1) is 5.56 Å². The van der Waals surface area contributed by atoms with Crippen LogP contribution in [0, 0.1) is 5.82 Å². The Morgan fingerprint density at radius 3 is 2.24 bits per heavy atom. The van der Waals surface area contributed by atoms with Crippen LogP contribution in [0.2, 0.25) is 0 Å². The van der Waals surface area contributed by atoms with Crippen molar-refractivity contribution in [2.45, 2.75) is 12.7 Å². The van der Waals surface area contributed by atoms with Crippen LogP contribution in [0.15, 0.2) is 48.5 Å². The van der Waals surface area contributed by atoms with E-state index in [0.29, 0.717) is 5.56 Å². The van der Waals surface area contributed by atoms with Crippen molar-refractivity contribution >= 4 is 5.78 Å². The van der Waals surface area contributed by atoms with Gasteiger partial charge in [0.1, 0.15) is 12.4 Å². The van der Waals surface area contributed by atoms with Crippen molar-refractivity contribution in [3.05, 3.63) is 65.5 Å². The maximum absolute atomic E-state index is 12.8. The monoisotopic (exact) mass is 350 g/mol. The number of aromatic nitrogens is 4. The summed E-state index contributed by atoms with van der Waals surface area (Å²) in [5.74, 6) is -0.711. The highest BCUT2D eigenvalue weighted by Crippen LogP contribution is 2.30. The molecule has 0 saturated heterocycles. The first-order chi connectivity index (χ1) is 11.8. The molecule has 0 atom stereocenters. The maximum atomic E-state index is 12.8. The number of nitrogens with zero attached hydrogens (tertiary/aromatic N) is 4. The molecule has 3 rings (SSSR count). The number of hydrogen-bond donors (Lipinski definition) is 0. The molecule has 0 N–H and O–H groups in total. The zero-order valence-corrected chi connectivity index (χ0v) is 12.5. The average Bonchev–Trinajstić information content (AvgIpc) is 3.03. The standard InChI is InChI=1S/C16H10F4N4O/c17-13-7-3-10(4-8-13)14(25)9-24-22-15(21-23-24)11-1-5-12(6-2-11)16(18,19)20/h1-8H,9H2. The van der Waals surface area contributed by atoms with Gasteiger partial charge in [0.25, 0.3) is 0 Å². The van der Waals surface area contributed by atoms with E-state index in [0.717, 1.165) is 29.1 Å². The Morgan fingerprint density at radius 1 is 1.00 bits per heavy atom. The lowest BCUT2D eigenvalue weighted by Crippen LogP contribution is -2.13. The van der Waals surface area contributed by atoms with Gasteiger partial charge in [-0.3, -0.25) is 4.79 Å². The van der Waals surface area contributed by atoms with E-state index >= 15 is 0 Å². The Labute approximate surface area is 138 Å². The normalized spacial score (nSPS) is 11.5. The number of alkyl halides is 3. The molecule has 9 heteroatoms. The van der Waals surface area contributed by atoms with Gasteiger partial charge in [0, 0.05) is 11.1 Å². The van der Waals surface area contributed by atoms with Crippen LogP contribution in [0.5, 0.6) is 0 Å². The van der Waals surface area contributed by atoms with Gasteiger partial charge in [-0.15, -0.1) is 10.2 Å². The van der Waals surface area contributed by atoms with Crippen LogP contribution in [-0.2, 0) is 12.7 Å². The molecule has 0 unspecified atom stereocenters. The first-order valence-corrected chi connectivity index (χ1v) is 7.07. The smallest absolute Gasteiger partial charge is 0.292 e. The molecule has 0 aliphatic carbocycles. The topological polar surface area (TPSA) is 60.7 Å². The number of carbonyl (C=O) groups is 1. The summed E-state index contributed by atoms with van der Waals surface area (Å²) in [5.41, 5.74) is -0.154. The summed E-state index contributed by atoms with van der Waals surface area (Å²) in [6, 6.07) is 9.29. The fourth-order valence-electron chi connectivity index (χ4n) is 2.09. The molecule has 1 heterocycles. The molecule has 0 spiro atoms. The van der Waals surface area contributed by atoms with Crippen molar-refractivity contribution < 1.29 is 22.4 Å². The van der Waals surface area contributed by atoms with Crippen LogP contribution in [0.1, 0.15) is 15.9 Å². The zero-order valence-electron chi connectivity index (χ0n) is 12.5. The van der Waals surface area contributed by atoms with Gasteiger partial charge in [-0.05, 0) is 41.6 Å². The van der Waals surface area contributed by atoms with Crippen LogP contribution >= 0.6 is 0 Å². The summed E-state index contributed by atoms with van der Waals surface area (Å²) in [6.07, 6.45) is -4.43. The first kappa shape index (κ1) is 16.7. The van der Waals surface area contributed by atoms with E-state index < -0.39 is 17.6 Å². The minimum atomic E-state index is -4.43. The van der Waals surface area contributed by atoms with Crippen LogP contribution in [0.3, 0.4) is 0 Å². The van der Waals surface area contributed by atoms with Crippen molar-refractivity contribution in [2.75, 3.05) is 0 Å². The number of tetrazole rings is 1. The van der Waals surface area contributed by atoms with Gasteiger partial charge >= 0.3 is 6.18 Å².